The topological polar surface area (TPSA) is 41.6 Å². The van der Waals surface area contributed by atoms with Crippen LogP contribution in [-0.2, 0) is 0 Å². The average Bonchev–Trinajstić information content (AvgIpc) is 2.96. The fourth-order valence-electron chi connectivity index (χ4n) is 2.04. The summed E-state index contributed by atoms with van der Waals surface area (Å²) < 4.78 is 0. The number of hydrogen-bond donors (Lipinski definition) is 1. The van der Waals surface area contributed by atoms with E-state index in [-0.39, 0.29) is 0 Å². The predicted molar refractivity (Wildman–Crippen MR) is 95.0 cm³/mol. The largest absolute Gasteiger partial charge is 0.403 e. The molecular weight excluding hydrogens is 302 g/mol. The van der Waals surface area contributed by atoms with Crippen molar-refractivity contribution < 1.29 is 0 Å². The highest BCUT2D eigenvalue weighted by molar-refractivity contribution is 7.20. The molecule has 21 heavy (non-hydrogen) atoms. The smallest absolute Gasteiger partial charge is 0.122 e. The van der Waals surface area contributed by atoms with Crippen molar-refractivity contribution >= 4 is 40.3 Å². The Balaban J connectivity index is 2.48. The van der Waals surface area contributed by atoms with Gasteiger partial charge in [0.05, 0.1) is 5.69 Å². The minimum Gasteiger partial charge on any atom is -0.403 e. The zero-order chi connectivity index (χ0) is 15.2. The maximum atomic E-state index is 5.92. The first kappa shape index (κ1) is 15.6. The van der Waals surface area contributed by atoms with Crippen LogP contribution in [0.15, 0.2) is 53.3 Å². The first-order valence-corrected chi connectivity index (χ1v) is 7.94. The molecule has 2 N–H and O–H groups in total. The molecule has 1 aromatic carbocycles. The van der Waals surface area contributed by atoms with Gasteiger partial charge in [-0.05, 0) is 25.3 Å². The number of thiophene rings is 1. The van der Waals surface area contributed by atoms with E-state index in [4.69, 9.17) is 17.3 Å². The number of allylic oxidation sites excluding steroid dienone is 1. The van der Waals surface area contributed by atoms with Gasteiger partial charge in [-0.2, -0.15) is 0 Å². The van der Waals surface area contributed by atoms with E-state index in [1.54, 1.807) is 17.5 Å². The molecule has 5 heteroatoms. The summed E-state index contributed by atoms with van der Waals surface area (Å²) in [5, 5.41) is 1.02. The molecule has 0 radical (unpaired) electrons. The van der Waals surface area contributed by atoms with Crippen LogP contribution < -0.4 is 10.6 Å². The van der Waals surface area contributed by atoms with Gasteiger partial charge in [-0.25, -0.2) is 0 Å². The van der Waals surface area contributed by atoms with Gasteiger partial charge in [0, 0.05) is 29.2 Å². The second-order valence-electron chi connectivity index (χ2n) is 4.47. The molecule has 0 aliphatic carbocycles. The van der Waals surface area contributed by atoms with Crippen molar-refractivity contribution in [3.05, 3.63) is 48.3 Å². The van der Waals surface area contributed by atoms with Gasteiger partial charge in [-0.15, -0.1) is 22.9 Å². The van der Waals surface area contributed by atoms with Crippen LogP contribution in [0.5, 0.6) is 0 Å². The normalized spacial score (nSPS) is 11.4. The third-order valence-corrected chi connectivity index (χ3v) is 4.51. The summed E-state index contributed by atoms with van der Waals surface area (Å²) in [6.45, 7) is 6.31. The van der Waals surface area contributed by atoms with Crippen LogP contribution in [0.3, 0.4) is 0 Å². The van der Waals surface area contributed by atoms with Crippen molar-refractivity contribution in [2.24, 2.45) is 10.7 Å². The first-order chi connectivity index (χ1) is 10.2. The maximum Gasteiger partial charge on any atom is 0.122 e. The molecule has 0 aliphatic rings. The van der Waals surface area contributed by atoms with E-state index in [1.165, 1.54) is 5.56 Å². The molecular formula is C16H18ClN3S. The molecule has 2 aromatic rings. The zero-order valence-corrected chi connectivity index (χ0v) is 13.5. The molecule has 1 heterocycles. The molecule has 110 valence electrons. The van der Waals surface area contributed by atoms with E-state index in [0.29, 0.717) is 12.4 Å². The third kappa shape index (κ3) is 3.46. The lowest BCUT2D eigenvalue weighted by molar-refractivity contribution is 0.964. The Kier molecular flexibility index (Phi) is 5.42. The molecule has 0 unspecified atom stereocenters. The van der Waals surface area contributed by atoms with E-state index in [1.807, 2.05) is 31.2 Å². The van der Waals surface area contributed by atoms with Gasteiger partial charge in [0.15, 0.2) is 0 Å². The molecule has 0 fully saturated rings. The van der Waals surface area contributed by atoms with Gasteiger partial charge in [0.1, 0.15) is 5.00 Å². The number of benzene rings is 1. The minimum atomic E-state index is 0.514. The number of hydrogen-bond acceptors (Lipinski definition) is 4. The quantitative estimate of drug-likeness (QED) is 0.624. The Bertz CT molecular complexity index is 634. The summed E-state index contributed by atoms with van der Waals surface area (Å²) in [5.74, 6) is 0.514. The first-order valence-electron chi connectivity index (χ1n) is 6.59. The molecule has 1 aromatic heterocycles. The highest BCUT2D eigenvalue weighted by Gasteiger charge is 2.17. The summed E-state index contributed by atoms with van der Waals surface area (Å²) in [5.41, 5.74) is 8.63. The molecule has 2 rings (SSSR count). The number of anilines is 1. The van der Waals surface area contributed by atoms with Crippen LogP contribution >= 0.6 is 22.9 Å². The van der Waals surface area contributed by atoms with Crippen LogP contribution in [0.25, 0.3) is 10.4 Å². The molecule has 0 saturated heterocycles. The fraction of sp³-hybridized carbons (Fsp3) is 0.188. The number of halogens is 1. The Morgan fingerprint density at radius 1 is 1.43 bits per heavy atom. The average molecular weight is 320 g/mol. The Hall–Kier alpha value is -1.78. The summed E-state index contributed by atoms with van der Waals surface area (Å²) in [6, 6.07) is 12.3. The van der Waals surface area contributed by atoms with Crippen LogP contribution in [0.4, 0.5) is 10.7 Å². The van der Waals surface area contributed by atoms with Crippen molar-refractivity contribution in [2.45, 2.75) is 6.92 Å². The SMILES string of the molecule is C=Nc1cc(-c2ccccc2)sc1N(CCCl)/C(C)=C\N. The van der Waals surface area contributed by atoms with Crippen molar-refractivity contribution in [1.82, 2.24) is 0 Å². The van der Waals surface area contributed by atoms with Gasteiger partial charge in [-0.3, -0.25) is 4.99 Å². The van der Waals surface area contributed by atoms with E-state index >= 15 is 0 Å². The van der Waals surface area contributed by atoms with Gasteiger partial charge in [0.25, 0.3) is 0 Å². The zero-order valence-electron chi connectivity index (χ0n) is 11.9. The molecule has 0 aliphatic heterocycles. The van der Waals surface area contributed by atoms with Gasteiger partial charge in [-0.1, -0.05) is 30.3 Å². The standard InChI is InChI=1S/C16H18ClN3S/c1-12(11-18)20(9-8-17)16-14(19-2)10-15(21-16)13-6-4-3-5-7-13/h3-7,10-11H,2,8-9,18H2,1H3/b12-11-. The second kappa shape index (κ2) is 7.29. The van der Waals surface area contributed by atoms with E-state index in [0.717, 1.165) is 21.3 Å². The Morgan fingerprint density at radius 3 is 2.71 bits per heavy atom. The summed E-state index contributed by atoms with van der Waals surface area (Å²) in [6.07, 6.45) is 1.58. The third-order valence-electron chi connectivity index (χ3n) is 3.14. The molecule has 0 amide bonds. The number of aliphatic imine (C=N–C) groups is 1. The van der Waals surface area contributed by atoms with Crippen molar-refractivity contribution in [2.75, 3.05) is 17.3 Å². The Labute approximate surface area is 134 Å². The lowest BCUT2D eigenvalue weighted by atomic mass is 10.2. The fourth-order valence-corrected chi connectivity index (χ4v) is 3.41. The number of alkyl halides is 1. The van der Waals surface area contributed by atoms with Gasteiger partial charge < -0.3 is 10.6 Å². The number of nitrogens with zero attached hydrogens (tertiary/aromatic N) is 2. The monoisotopic (exact) mass is 319 g/mol. The summed E-state index contributed by atoms with van der Waals surface area (Å²) in [7, 11) is 0. The van der Waals surface area contributed by atoms with Crippen LogP contribution in [0.1, 0.15) is 6.92 Å². The lowest BCUT2D eigenvalue weighted by Gasteiger charge is -2.23. The highest BCUT2D eigenvalue weighted by atomic mass is 35.5. The summed E-state index contributed by atoms with van der Waals surface area (Å²) in [4.78, 5) is 7.37. The summed E-state index contributed by atoms with van der Waals surface area (Å²) >= 11 is 7.58. The maximum absolute atomic E-state index is 5.92. The van der Waals surface area contributed by atoms with Crippen molar-refractivity contribution in [1.29, 1.82) is 0 Å². The Morgan fingerprint density at radius 2 is 2.14 bits per heavy atom. The van der Waals surface area contributed by atoms with Crippen LogP contribution in [0, 0.1) is 0 Å². The number of rotatable bonds is 6. The second-order valence-corrected chi connectivity index (χ2v) is 5.88. The molecule has 0 saturated carbocycles. The molecule has 0 atom stereocenters. The van der Waals surface area contributed by atoms with Gasteiger partial charge >= 0.3 is 0 Å². The van der Waals surface area contributed by atoms with Crippen LogP contribution in [0.2, 0.25) is 0 Å². The van der Waals surface area contributed by atoms with E-state index < -0.39 is 0 Å². The lowest BCUT2D eigenvalue weighted by Crippen LogP contribution is -2.23. The van der Waals surface area contributed by atoms with E-state index in [2.05, 4.69) is 28.7 Å². The van der Waals surface area contributed by atoms with Crippen molar-refractivity contribution in [3.63, 3.8) is 0 Å². The molecule has 0 bridgehead atoms. The van der Waals surface area contributed by atoms with Gasteiger partial charge in [0.2, 0.25) is 0 Å². The van der Waals surface area contributed by atoms with E-state index in [9.17, 15) is 0 Å². The van der Waals surface area contributed by atoms with Crippen LogP contribution in [-0.4, -0.2) is 19.1 Å². The minimum absolute atomic E-state index is 0.514. The molecule has 0 spiro atoms. The van der Waals surface area contributed by atoms with Crippen molar-refractivity contribution in [3.8, 4) is 10.4 Å². The number of nitrogens with two attached hydrogens (primary N) is 1. The predicted octanol–water partition coefficient (Wildman–Crippen LogP) is 4.61. The molecule has 3 nitrogen and oxygen atoms in total. The highest BCUT2D eigenvalue weighted by Crippen LogP contribution is 2.43.